The van der Waals surface area contributed by atoms with Crippen LogP contribution in [0.4, 0.5) is 0 Å². The lowest BCUT2D eigenvalue weighted by atomic mass is 9.80. The molecule has 0 aromatic rings. The molecular weight excluding hydrogens is 220 g/mol. The van der Waals surface area contributed by atoms with Crippen molar-refractivity contribution in [3.63, 3.8) is 0 Å². The Morgan fingerprint density at radius 2 is 2.17 bits per heavy atom. The van der Waals surface area contributed by atoms with E-state index in [0.29, 0.717) is 5.92 Å². The molecule has 1 heterocycles. The first kappa shape index (κ1) is 11.8. The largest absolute Gasteiger partial charge is 0.486 e. The van der Waals surface area contributed by atoms with Crippen LogP contribution < -0.4 is 0 Å². The highest BCUT2D eigenvalue weighted by molar-refractivity contribution is 5.43. The van der Waals surface area contributed by atoms with Gasteiger partial charge >= 0.3 is 0 Å². The Morgan fingerprint density at radius 3 is 2.89 bits per heavy atom. The number of fused-ring (bicyclic) bond motifs is 1. The molecule has 0 N–H and O–H groups in total. The van der Waals surface area contributed by atoms with Gasteiger partial charge in [0.15, 0.2) is 0 Å². The summed E-state index contributed by atoms with van der Waals surface area (Å²) in [4.78, 5) is 0. The van der Waals surface area contributed by atoms with E-state index in [1.165, 1.54) is 37.7 Å². The smallest absolute Gasteiger partial charge is 0.128 e. The Bertz CT molecular complexity index is 433. The summed E-state index contributed by atoms with van der Waals surface area (Å²) in [5, 5.41) is 0. The van der Waals surface area contributed by atoms with E-state index in [1.54, 1.807) is 5.57 Å². The van der Waals surface area contributed by atoms with E-state index in [2.05, 4.69) is 37.8 Å². The molecule has 0 radical (unpaired) electrons. The summed E-state index contributed by atoms with van der Waals surface area (Å²) in [6.07, 6.45) is 15.9. The van der Waals surface area contributed by atoms with Gasteiger partial charge in [0.05, 0.1) is 0 Å². The monoisotopic (exact) mass is 242 g/mol. The molecule has 1 heteroatoms. The van der Waals surface area contributed by atoms with Crippen LogP contribution in [0.5, 0.6) is 0 Å². The minimum absolute atomic E-state index is 0.199. The highest BCUT2D eigenvalue weighted by Crippen LogP contribution is 2.44. The summed E-state index contributed by atoms with van der Waals surface area (Å²) < 4.78 is 5.87. The average molecular weight is 242 g/mol. The Hall–Kier alpha value is -1.24. The van der Waals surface area contributed by atoms with Crippen molar-refractivity contribution in [2.24, 2.45) is 11.8 Å². The van der Waals surface area contributed by atoms with Gasteiger partial charge < -0.3 is 4.74 Å². The van der Waals surface area contributed by atoms with Crippen LogP contribution in [0.2, 0.25) is 0 Å². The van der Waals surface area contributed by atoms with E-state index in [-0.39, 0.29) is 6.10 Å². The Kier molecular flexibility index (Phi) is 3.15. The van der Waals surface area contributed by atoms with Crippen LogP contribution in [0.15, 0.2) is 47.8 Å². The molecule has 2 atom stereocenters. The van der Waals surface area contributed by atoms with Gasteiger partial charge in [-0.3, -0.25) is 0 Å². The Morgan fingerprint density at radius 1 is 1.39 bits per heavy atom. The van der Waals surface area contributed by atoms with Gasteiger partial charge in [-0.2, -0.15) is 0 Å². The second kappa shape index (κ2) is 4.79. The van der Waals surface area contributed by atoms with E-state index >= 15 is 0 Å². The predicted octanol–water partition coefficient (Wildman–Crippen LogP) is 4.54. The highest BCUT2D eigenvalue weighted by Gasteiger charge is 2.38. The summed E-state index contributed by atoms with van der Waals surface area (Å²) in [6.45, 7) is 6.14. The maximum atomic E-state index is 5.87. The molecule has 0 aromatic carbocycles. The maximum absolute atomic E-state index is 5.87. The van der Waals surface area contributed by atoms with Crippen molar-refractivity contribution in [3.8, 4) is 0 Å². The average Bonchev–Trinajstić information content (AvgIpc) is 2.96. The molecule has 2 fully saturated rings. The Balaban J connectivity index is 1.82. The van der Waals surface area contributed by atoms with Crippen molar-refractivity contribution in [2.45, 2.75) is 45.1 Å². The summed E-state index contributed by atoms with van der Waals surface area (Å²) >= 11 is 0. The van der Waals surface area contributed by atoms with Crippen molar-refractivity contribution in [1.82, 2.24) is 0 Å². The van der Waals surface area contributed by atoms with Crippen LogP contribution in [0.1, 0.15) is 39.0 Å². The second-order valence-electron chi connectivity index (χ2n) is 5.71. The maximum Gasteiger partial charge on any atom is 0.128 e. The number of hydrogen-bond acceptors (Lipinski definition) is 1. The molecule has 1 saturated heterocycles. The zero-order chi connectivity index (χ0) is 12.5. The summed E-state index contributed by atoms with van der Waals surface area (Å²) in [6, 6.07) is 0. The fraction of sp³-hybridized carbons (Fsp3) is 0.529. The van der Waals surface area contributed by atoms with Crippen LogP contribution in [0, 0.1) is 11.8 Å². The van der Waals surface area contributed by atoms with E-state index < -0.39 is 0 Å². The van der Waals surface area contributed by atoms with Crippen molar-refractivity contribution in [2.75, 3.05) is 0 Å². The highest BCUT2D eigenvalue weighted by atomic mass is 16.5. The zero-order valence-corrected chi connectivity index (χ0v) is 11.2. The fourth-order valence-electron chi connectivity index (χ4n) is 3.69. The topological polar surface area (TPSA) is 9.23 Å². The molecule has 0 bridgehead atoms. The van der Waals surface area contributed by atoms with E-state index in [9.17, 15) is 0 Å². The molecule has 1 nitrogen and oxygen atoms in total. The molecule has 2 unspecified atom stereocenters. The quantitative estimate of drug-likeness (QED) is 0.691. The molecule has 3 rings (SSSR count). The molecule has 0 amide bonds. The van der Waals surface area contributed by atoms with Gasteiger partial charge in [-0.05, 0) is 25.3 Å². The van der Waals surface area contributed by atoms with Crippen LogP contribution in [0.3, 0.4) is 0 Å². The number of rotatable bonds is 2. The minimum atomic E-state index is 0.199. The van der Waals surface area contributed by atoms with Gasteiger partial charge in [-0.25, -0.2) is 0 Å². The van der Waals surface area contributed by atoms with Crippen LogP contribution in [-0.4, -0.2) is 6.10 Å². The SMILES string of the molecule is C=C1OC2C=CC=C(CC3CCCC3)C2/C1=C/C. The van der Waals surface area contributed by atoms with Gasteiger partial charge in [0, 0.05) is 11.5 Å². The standard InChI is InChI=1S/C17H22O/c1-3-15-12(2)18-16-10-6-9-14(17(15)16)11-13-7-4-5-8-13/h3,6,9-10,13,16-17H,2,4-5,7-8,11H2,1H3/b15-3+. The molecule has 96 valence electrons. The van der Waals surface area contributed by atoms with E-state index in [1.807, 2.05) is 0 Å². The second-order valence-corrected chi connectivity index (χ2v) is 5.71. The molecule has 18 heavy (non-hydrogen) atoms. The number of hydrogen-bond donors (Lipinski definition) is 0. The molecule has 2 aliphatic carbocycles. The van der Waals surface area contributed by atoms with Gasteiger partial charge in [0.2, 0.25) is 0 Å². The van der Waals surface area contributed by atoms with E-state index in [4.69, 9.17) is 4.74 Å². The van der Waals surface area contributed by atoms with Gasteiger partial charge in [-0.15, -0.1) is 0 Å². The third kappa shape index (κ3) is 1.96. The molecule has 0 spiro atoms. The van der Waals surface area contributed by atoms with Crippen LogP contribution in [0.25, 0.3) is 0 Å². The van der Waals surface area contributed by atoms with Crippen LogP contribution >= 0.6 is 0 Å². The minimum Gasteiger partial charge on any atom is -0.486 e. The van der Waals surface area contributed by atoms with E-state index in [0.717, 1.165) is 11.7 Å². The molecule has 1 aliphatic heterocycles. The fourth-order valence-corrected chi connectivity index (χ4v) is 3.69. The first-order valence-electron chi connectivity index (χ1n) is 7.19. The van der Waals surface area contributed by atoms with Crippen molar-refractivity contribution < 1.29 is 4.74 Å². The molecular formula is C17H22O. The van der Waals surface area contributed by atoms with Gasteiger partial charge in [0.25, 0.3) is 0 Å². The van der Waals surface area contributed by atoms with Crippen molar-refractivity contribution >= 4 is 0 Å². The predicted molar refractivity (Wildman–Crippen MR) is 75.1 cm³/mol. The summed E-state index contributed by atoms with van der Waals surface area (Å²) in [5.41, 5.74) is 2.86. The molecule has 3 aliphatic rings. The lowest BCUT2D eigenvalue weighted by molar-refractivity contribution is 0.180. The first-order chi connectivity index (χ1) is 8.79. The third-order valence-corrected chi connectivity index (χ3v) is 4.58. The zero-order valence-electron chi connectivity index (χ0n) is 11.2. The molecule has 1 saturated carbocycles. The van der Waals surface area contributed by atoms with Crippen LogP contribution in [-0.2, 0) is 4.74 Å². The third-order valence-electron chi connectivity index (χ3n) is 4.58. The van der Waals surface area contributed by atoms with Crippen molar-refractivity contribution in [3.05, 3.63) is 47.8 Å². The number of allylic oxidation sites excluding steroid dienone is 4. The normalized spacial score (nSPS) is 33.7. The summed E-state index contributed by atoms with van der Waals surface area (Å²) in [7, 11) is 0. The summed E-state index contributed by atoms with van der Waals surface area (Å²) in [5.74, 6) is 2.21. The van der Waals surface area contributed by atoms with Gasteiger partial charge in [-0.1, -0.05) is 56.1 Å². The lowest BCUT2D eigenvalue weighted by Gasteiger charge is -2.24. The lowest BCUT2D eigenvalue weighted by Crippen LogP contribution is -2.20. The Labute approximate surface area is 110 Å². The number of ether oxygens (including phenoxy) is 1. The van der Waals surface area contributed by atoms with Crippen molar-refractivity contribution in [1.29, 1.82) is 0 Å². The van der Waals surface area contributed by atoms with Gasteiger partial charge in [0.1, 0.15) is 11.9 Å². The molecule has 0 aromatic heterocycles. The first-order valence-corrected chi connectivity index (χ1v) is 7.19.